The molecular formula is C21H28N4O2. The molecule has 0 N–H and O–H groups in total. The molecule has 144 valence electrons. The van der Waals surface area contributed by atoms with E-state index in [4.69, 9.17) is 4.74 Å². The molecule has 0 saturated carbocycles. The average molecular weight is 368 g/mol. The fourth-order valence-corrected chi connectivity index (χ4v) is 3.23. The van der Waals surface area contributed by atoms with Gasteiger partial charge in [0.15, 0.2) is 0 Å². The van der Waals surface area contributed by atoms with E-state index < -0.39 is 0 Å². The standard InChI is InChI=1S/C21H28N4O2/c1-4-27-18-7-5-17(6-8-18)19-14-20(23-15-22-19)24-9-11-25(12-10-24)21(26)13-16(2)3/h5-8,14-16H,4,9-13H2,1-3H3. The molecule has 1 saturated heterocycles. The van der Waals surface area contributed by atoms with Crippen LogP contribution in [0.3, 0.4) is 0 Å². The smallest absolute Gasteiger partial charge is 0.222 e. The number of nitrogens with zero attached hydrogens (tertiary/aromatic N) is 4. The van der Waals surface area contributed by atoms with Crippen LogP contribution in [0.25, 0.3) is 11.3 Å². The van der Waals surface area contributed by atoms with Gasteiger partial charge >= 0.3 is 0 Å². The Morgan fingerprint density at radius 1 is 1.11 bits per heavy atom. The Morgan fingerprint density at radius 2 is 1.81 bits per heavy atom. The average Bonchev–Trinajstić information content (AvgIpc) is 2.68. The number of amides is 1. The summed E-state index contributed by atoms with van der Waals surface area (Å²) in [4.78, 5) is 25.3. The van der Waals surface area contributed by atoms with Crippen molar-refractivity contribution < 1.29 is 9.53 Å². The fraction of sp³-hybridized carbons (Fsp3) is 0.476. The van der Waals surface area contributed by atoms with Crippen molar-refractivity contribution in [3.8, 4) is 17.0 Å². The molecule has 0 atom stereocenters. The second kappa shape index (κ2) is 8.84. The minimum Gasteiger partial charge on any atom is -0.494 e. The number of ether oxygens (including phenoxy) is 1. The summed E-state index contributed by atoms with van der Waals surface area (Å²) in [5.74, 6) is 2.42. The van der Waals surface area contributed by atoms with Crippen LogP contribution in [-0.2, 0) is 4.79 Å². The summed E-state index contributed by atoms with van der Waals surface area (Å²) in [7, 11) is 0. The third-order valence-corrected chi connectivity index (χ3v) is 4.65. The maximum atomic E-state index is 12.2. The van der Waals surface area contributed by atoms with Crippen LogP contribution in [0.2, 0.25) is 0 Å². The number of hydrogen-bond acceptors (Lipinski definition) is 5. The van der Waals surface area contributed by atoms with Crippen LogP contribution in [-0.4, -0.2) is 53.6 Å². The Labute approximate surface area is 161 Å². The molecule has 0 spiro atoms. The third-order valence-electron chi connectivity index (χ3n) is 4.65. The van der Waals surface area contributed by atoms with Crippen molar-refractivity contribution in [3.63, 3.8) is 0 Å². The van der Waals surface area contributed by atoms with Crippen molar-refractivity contribution in [2.75, 3.05) is 37.7 Å². The zero-order valence-electron chi connectivity index (χ0n) is 16.4. The van der Waals surface area contributed by atoms with Gasteiger partial charge in [0, 0.05) is 44.2 Å². The van der Waals surface area contributed by atoms with Crippen LogP contribution in [0.15, 0.2) is 36.7 Å². The molecule has 0 unspecified atom stereocenters. The monoisotopic (exact) mass is 368 g/mol. The summed E-state index contributed by atoms with van der Waals surface area (Å²) >= 11 is 0. The highest BCUT2D eigenvalue weighted by atomic mass is 16.5. The number of carbonyl (C=O) groups excluding carboxylic acids is 1. The Balaban J connectivity index is 1.65. The summed E-state index contributed by atoms with van der Waals surface area (Å²) < 4.78 is 5.50. The van der Waals surface area contributed by atoms with Gasteiger partial charge < -0.3 is 14.5 Å². The van der Waals surface area contributed by atoms with Crippen molar-refractivity contribution >= 4 is 11.7 Å². The number of benzene rings is 1. The van der Waals surface area contributed by atoms with Crippen LogP contribution in [0.1, 0.15) is 27.2 Å². The van der Waals surface area contributed by atoms with E-state index in [1.54, 1.807) is 6.33 Å². The van der Waals surface area contributed by atoms with Crippen molar-refractivity contribution in [1.82, 2.24) is 14.9 Å². The molecule has 1 amide bonds. The first-order valence-electron chi connectivity index (χ1n) is 9.64. The van der Waals surface area contributed by atoms with Crippen LogP contribution in [0.5, 0.6) is 5.75 Å². The zero-order chi connectivity index (χ0) is 19.2. The highest BCUT2D eigenvalue weighted by Gasteiger charge is 2.22. The molecule has 3 rings (SSSR count). The van der Waals surface area contributed by atoms with E-state index in [2.05, 4.69) is 28.7 Å². The predicted molar refractivity (Wildman–Crippen MR) is 107 cm³/mol. The minimum atomic E-state index is 0.252. The van der Waals surface area contributed by atoms with Gasteiger partial charge in [-0.2, -0.15) is 0 Å². The lowest BCUT2D eigenvalue weighted by Gasteiger charge is -2.35. The van der Waals surface area contributed by atoms with E-state index in [-0.39, 0.29) is 5.91 Å². The second-order valence-corrected chi connectivity index (χ2v) is 7.18. The lowest BCUT2D eigenvalue weighted by atomic mass is 10.1. The number of piperazine rings is 1. The van der Waals surface area contributed by atoms with Gasteiger partial charge in [0.05, 0.1) is 12.3 Å². The van der Waals surface area contributed by atoms with Crippen LogP contribution < -0.4 is 9.64 Å². The Morgan fingerprint density at radius 3 is 2.44 bits per heavy atom. The molecule has 2 aromatic rings. The first-order valence-corrected chi connectivity index (χ1v) is 9.64. The Hall–Kier alpha value is -2.63. The molecule has 0 radical (unpaired) electrons. The molecule has 0 bridgehead atoms. The number of aromatic nitrogens is 2. The molecule has 1 fully saturated rings. The van der Waals surface area contributed by atoms with Crippen molar-refractivity contribution in [1.29, 1.82) is 0 Å². The van der Waals surface area contributed by atoms with Gasteiger partial charge in [0.2, 0.25) is 5.91 Å². The van der Waals surface area contributed by atoms with E-state index in [0.29, 0.717) is 18.9 Å². The largest absolute Gasteiger partial charge is 0.494 e. The molecular weight excluding hydrogens is 340 g/mol. The summed E-state index contributed by atoms with van der Waals surface area (Å²) in [5.41, 5.74) is 1.93. The molecule has 1 aliphatic heterocycles. The first-order chi connectivity index (χ1) is 13.1. The van der Waals surface area contributed by atoms with Crippen molar-refractivity contribution in [2.45, 2.75) is 27.2 Å². The van der Waals surface area contributed by atoms with Crippen molar-refractivity contribution in [3.05, 3.63) is 36.7 Å². The molecule has 1 aromatic heterocycles. The topological polar surface area (TPSA) is 58.6 Å². The predicted octanol–water partition coefficient (Wildman–Crippen LogP) is 3.24. The molecule has 1 aliphatic rings. The molecule has 2 heterocycles. The number of rotatable bonds is 6. The maximum Gasteiger partial charge on any atom is 0.222 e. The fourth-order valence-electron chi connectivity index (χ4n) is 3.23. The Kier molecular flexibility index (Phi) is 6.27. The van der Waals surface area contributed by atoms with Gasteiger partial charge in [-0.05, 0) is 37.1 Å². The summed E-state index contributed by atoms with van der Waals surface area (Å²) in [6.45, 7) is 9.87. The normalized spacial score (nSPS) is 14.5. The summed E-state index contributed by atoms with van der Waals surface area (Å²) in [6, 6.07) is 9.96. The SMILES string of the molecule is CCOc1ccc(-c2cc(N3CCN(C(=O)CC(C)C)CC3)ncn2)cc1. The summed E-state index contributed by atoms with van der Waals surface area (Å²) in [6.07, 6.45) is 2.23. The second-order valence-electron chi connectivity index (χ2n) is 7.18. The third kappa shape index (κ3) is 4.96. The van der Waals surface area contributed by atoms with Gasteiger partial charge in [0.25, 0.3) is 0 Å². The van der Waals surface area contributed by atoms with E-state index in [9.17, 15) is 4.79 Å². The minimum absolute atomic E-state index is 0.252. The quantitative estimate of drug-likeness (QED) is 0.783. The van der Waals surface area contributed by atoms with E-state index >= 15 is 0 Å². The molecule has 6 heteroatoms. The lowest BCUT2D eigenvalue weighted by Crippen LogP contribution is -2.49. The molecule has 0 aliphatic carbocycles. The van der Waals surface area contributed by atoms with Gasteiger partial charge in [-0.15, -0.1) is 0 Å². The Bertz CT molecular complexity index is 753. The zero-order valence-corrected chi connectivity index (χ0v) is 16.4. The van der Waals surface area contributed by atoms with Gasteiger partial charge in [-0.3, -0.25) is 4.79 Å². The molecule has 27 heavy (non-hydrogen) atoms. The lowest BCUT2D eigenvalue weighted by molar-refractivity contribution is -0.132. The number of carbonyl (C=O) groups is 1. The number of anilines is 1. The number of hydrogen-bond donors (Lipinski definition) is 0. The van der Waals surface area contributed by atoms with Gasteiger partial charge in [-0.1, -0.05) is 13.8 Å². The molecule has 6 nitrogen and oxygen atoms in total. The van der Waals surface area contributed by atoms with E-state index in [1.165, 1.54) is 0 Å². The van der Waals surface area contributed by atoms with Crippen LogP contribution in [0.4, 0.5) is 5.82 Å². The molecule has 1 aromatic carbocycles. The highest BCUT2D eigenvalue weighted by molar-refractivity contribution is 5.76. The van der Waals surface area contributed by atoms with E-state index in [0.717, 1.165) is 49.0 Å². The van der Waals surface area contributed by atoms with E-state index in [1.807, 2.05) is 42.2 Å². The van der Waals surface area contributed by atoms with Gasteiger partial charge in [0.1, 0.15) is 17.9 Å². The highest BCUT2D eigenvalue weighted by Crippen LogP contribution is 2.24. The summed E-state index contributed by atoms with van der Waals surface area (Å²) in [5, 5.41) is 0. The van der Waals surface area contributed by atoms with Crippen LogP contribution >= 0.6 is 0 Å². The first kappa shape index (κ1) is 19.1. The van der Waals surface area contributed by atoms with Crippen LogP contribution in [0, 0.1) is 5.92 Å². The van der Waals surface area contributed by atoms with Gasteiger partial charge in [-0.25, -0.2) is 9.97 Å². The maximum absolute atomic E-state index is 12.2. The van der Waals surface area contributed by atoms with Crippen molar-refractivity contribution in [2.24, 2.45) is 5.92 Å².